The number of alkyl halides is 2. The molecule has 3 heteroatoms. The molecule has 0 spiro atoms. The maximum Gasteiger partial charge on any atom is 0.263 e. The van der Waals surface area contributed by atoms with Gasteiger partial charge in [0.05, 0.1) is 0 Å². The van der Waals surface area contributed by atoms with Gasteiger partial charge in [0.15, 0.2) is 0 Å². The van der Waals surface area contributed by atoms with Crippen LogP contribution in [0.25, 0.3) is 0 Å². The molecule has 0 bridgehead atoms. The zero-order valence-electron chi connectivity index (χ0n) is 9.21. The number of anilines is 1. The molecular weight excluding hydrogens is 196 g/mol. The lowest BCUT2D eigenvalue weighted by Gasteiger charge is -2.19. The van der Waals surface area contributed by atoms with E-state index in [2.05, 4.69) is 6.92 Å². The molecule has 1 aromatic rings. The lowest BCUT2D eigenvalue weighted by Crippen LogP contribution is -2.18. The number of nitrogens with zero attached hydrogens (tertiary/aromatic N) is 1. The molecule has 0 heterocycles. The average Bonchev–Trinajstić information content (AvgIpc) is 2.26. The number of hydrogen-bond donors (Lipinski definition) is 0. The molecule has 1 aromatic carbocycles. The van der Waals surface area contributed by atoms with Crippen LogP contribution in [0, 0.1) is 0 Å². The van der Waals surface area contributed by atoms with Crippen LogP contribution in [0.15, 0.2) is 24.3 Å². The average molecular weight is 213 g/mol. The van der Waals surface area contributed by atoms with Crippen LogP contribution in [0.4, 0.5) is 14.5 Å². The van der Waals surface area contributed by atoms with Gasteiger partial charge < -0.3 is 4.90 Å². The van der Waals surface area contributed by atoms with E-state index in [1.165, 1.54) is 6.07 Å². The molecule has 84 valence electrons. The van der Waals surface area contributed by atoms with E-state index in [9.17, 15) is 8.78 Å². The Morgan fingerprint density at radius 3 is 2.67 bits per heavy atom. The van der Waals surface area contributed by atoms with E-state index in [-0.39, 0.29) is 5.56 Å². The van der Waals surface area contributed by atoms with Crippen molar-refractivity contribution in [3.05, 3.63) is 29.8 Å². The van der Waals surface area contributed by atoms with Gasteiger partial charge in [-0.2, -0.15) is 0 Å². The van der Waals surface area contributed by atoms with E-state index < -0.39 is 6.43 Å². The molecule has 0 radical (unpaired) electrons. The first-order valence-electron chi connectivity index (χ1n) is 5.24. The lowest BCUT2D eigenvalue weighted by molar-refractivity contribution is 0.151. The summed E-state index contributed by atoms with van der Waals surface area (Å²) in [4.78, 5) is 2.01. The van der Waals surface area contributed by atoms with Crippen molar-refractivity contribution in [3.8, 4) is 0 Å². The maximum atomic E-state index is 12.4. The Kier molecular flexibility index (Phi) is 4.53. The Morgan fingerprint density at radius 1 is 1.33 bits per heavy atom. The van der Waals surface area contributed by atoms with Crippen LogP contribution >= 0.6 is 0 Å². The SMILES string of the molecule is CCCCN(C)c1cccc(C(F)F)c1. The lowest BCUT2D eigenvalue weighted by atomic mass is 10.2. The predicted octanol–water partition coefficient (Wildman–Crippen LogP) is 3.86. The molecule has 0 amide bonds. The van der Waals surface area contributed by atoms with Gasteiger partial charge in [0.2, 0.25) is 0 Å². The fourth-order valence-corrected chi connectivity index (χ4v) is 1.42. The standard InChI is InChI=1S/C12H17F2N/c1-3-4-8-15(2)11-7-5-6-10(9-11)12(13)14/h5-7,9,12H,3-4,8H2,1-2H3. The van der Waals surface area contributed by atoms with Gasteiger partial charge in [-0.25, -0.2) is 8.78 Å². The Morgan fingerprint density at radius 2 is 2.07 bits per heavy atom. The highest BCUT2D eigenvalue weighted by atomic mass is 19.3. The van der Waals surface area contributed by atoms with Crippen LogP contribution in [0.5, 0.6) is 0 Å². The van der Waals surface area contributed by atoms with Gasteiger partial charge in [-0.3, -0.25) is 0 Å². The van der Waals surface area contributed by atoms with Gasteiger partial charge in [-0.15, -0.1) is 0 Å². The molecule has 0 aliphatic rings. The molecule has 0 aromatic heterocycles. The topological polar surface area (TPSA) is 3.24 Å². The molecule has 0 aliphatic heterocycles. The summed E-state index contributed by atoms with van der Waals surface area (Å²) >= 11 is 0. The summed E-state index contributed by atoms with van der Waals surface area (Å²) < 4.78 is 24.9. The summed E-state index contributed by atoms with van der Waals surface area (Å²) in [5, 5.41) is 0. The molecule has 0 atom stereocenters. The third-order valence-corrected chi connectivity index (χ3v) is 2.41. The monoisotopic (exact) mass is 213 g/mol. The van der Waals surface area contributed by atoms with Crippen LogP contribution in [0.2, 0.25) is 0 Å². The van der Waals surface area contributed by atoms with Crippen LogP contribution in [0.1, 0.15) is 31.8 Å². The number of unbranched alkanes of at least 4 members (excludes halogenated alkanes) is 1. The van der Waals surface area contributed by atoms with E-state index in [0.717, 1.165) is 25.1 Å². The second-order valence-electron chi connectivity index (χ2n) is 3.67. The van der Waals surface area contributed by atoms with Crippen LogP contribution in [-0.4, -0.2) is 13.6 Å². The smallest absolute Gasteiger partial charge is 0.263 e. The highest BCUT2D eigenvalue weighted by Crippen LogP contribution is 2.23. The minimum absolute atomic E-state index is 0.0934. The fourth-order valence-electron chi connectivity index (χ4n) is 1.42. The summed E-state index contributed by atoms with van der Waals surface area (Å²) in [6.45, 7) is 3.02. The molecule has 0 aliphatic carbocycles. The maximum absolute atomic E-state index is 12.4. The summed E-state index contributed by atoms with van der Waals surface area (Å²) in [6.07, 6.45) is -0.196. The van der Waals surface area contributed by atoms with Crippen molar-refractivity contribution in [3.63, 3.8) is 0 Å². The predicted molar refractivity (Wildman–Crippen MR) is 59.6 cm³/mol. The molecule has 15 heavy (non-hydrogen) atoms. The largest absolute Gasteiger partial charge is 0.375 e. The van der Waals surface area contributed by atoms with E-state index in [4.69, 9.17) is 0 Å². The van der Waals surface area contributed by atoms with Gasteiger partial charge in [0, 0.05) is 24.8 Å². The quantitative estimate of drug-likeness (QED) is 0.717. The molecule has 1 rings (SSSR count). The zero-order valence-corrected chi connectivity index (χ0v) is 9.21. The van der Waals surface area contributed by atoms with Crippen molar-refractivity contribution < 1.29 is 8.78 Å². The number of benzene rings is 1. The molecular formula is C12H17F2N. The minimum atomic E-state index is -2.38. The van der Waals surface area contributed by atoms with Crippen molar-refractivity contribution in [2.24, 2.45) is 0 Å². The third kappa shape index (κ3) is 3.50. The Hall–Kier alpha value is -1.12. The van der Waals surface area contributed by atoms with Crippen LogP contribution in [-0.2, 0) is 0 Å². The number of halogens is 2. The van der Waals surface area contributed by atoms with Gasteiger partial charge in [-0.05, 0) is 18.6 Å². The molecule has 0 fully saturated rings. The minimum Gasteiger partial charge on any atom is -0.375 e. The normalized spacial score (nSPS) is 10.7. The van der Waals surface area contributed by atoms with E-state index in [1.54, 1.807) is 12.1 Å². The number of rotatable bonds is 5. The van der Waals surface area contributed by atoms with Gasteiger partial charge >= 0.3 is 0 Å². The number of hydrogen-bond acceptors (Lipinski definition) is 1. The second kappa shape index (κ2) is 5.69. The fraction of sp³-hybridized carbons (Fsp3) is 0.500. The zero-order chi connectivity index (χ0) is 11.3. The second-order valence-corrected chi connectivity index (χ2v) is 3.67. The summed E-state index contributed by atoms with van der Waals surface area (Å²) in [6, 6.07) is 6.56. The molecule has 0 saturated carbocycles. The van der Waals surface area contributed by atoms with Gasteiger partial charge in [0.1, 0.15) is 0 Å². The Labute approximate surface area is 89.7 Å². The highest BCUT2D eigenvalue weighted by molar-refractivity contribution is 5.48. The van der Waals surface area contributed by atoms with E-state index in [1.807, 2.05) is 18.0 Å². The third-order valence-electron chi connectivity index (χ3n) is 2.41. The first-order valence-corrected chi connectivity index (χ1v) is 5.24. The van der Waals surface area contributed by atoms with Crippen molar-refractivity contribution in [1.29, 1.82) is 0 Å². The van der Waals surface area contributed by atoms with Crippen molar-refractivity contribution in [2.75, 3.05) is 18.5 Å². The highest BCUT2D eigenvalue weighted by Gasteiger charge is 2.08. The van der Waals surface area contributed by atoms with Crippen LogP contribution in [0.3, 0.4) is 0 Å². The van der Waals surface area contributed by atoms with Gasteiger partial charge in [-0.1, -0.05) is 25.5 Å². The summed E-state index contributed by atoms with van der Waals surface area (Å²) in [5.74, 6) is 0. The molecule has 0 N–H and O–H groups in total. The van der Waals surface area contributed by atoms with E-state index in [0.29, 0.717) is 0 Å². The summed E-state index contributed by atoms with van der Waals surface area (Å²) in [5.41, 5.74) is 0.956. The van der Waals surface area contributed by atoms with Crippen molar-refractivity contribution >= 4 is 5.69 Å². The Balaban J connectivity index is 2.71. The van der Waals surface area contributed by atoms with Crippen molar-refractivity contribution in [2.45, 2.75) is 26.2 Å². The van der Waals surface area contributed by atoms with Crippen LogP contribution < -0.4 is 4.90 Å². The first-order chi connectivity index (χ1) is 7.15. The van der Waals surface area contributed by atoms with Crippen molar-refractivity contribution in [1.82, 2.24) is 0 Å². The molecule has 0 saturated heterocycles. The molecule has 0 unspecified atom stereocenters. The van der Waals surface area contributed by atoms with Gasteiger partial charge in [0.25, 0.3) is 6.43 Å². The summed E-state index contributed by atoms with van der Waals surface area (Å²) in [7, 11) is 1.93. The van der Waals surface area contributed by atoms with E-state index >= 15 is 0 Å². The first kappa shape index (κ1) is 12.0. The Bertz CT molecular complexity index is 299. The molecule has 1 nitrogen and oxygen atoms in total.